The van der Waals surface area contributed by atoms with Crippen LogP contribution in [0.2, 0.25) is 0 Å². The van der Waals surface area contributed by atoms with Crippen LogP contribution in [-0.4, -0.2) is 29.7 Å². The van der Waals surface area contributed by atoms with E-state index in [9.17, 15) is 13.2 Å². The highest BCUT2D eigenvalue weighted by molar-refractivity contribution is 4.88. The van der Waals surface area contributed by atoms with E-state index in [-0.39, 0.29) is 12.0 Å². The zero-order valence-corrected chi connectivity index (χ0v) is 10.5. The van der Waals surface area contributed by atoms with Crippen molar-refractivity contribution in [3.05, 3.63) is 0 Å². The lowest BCUT2D eigenvalue weighted by molar-refractivity contribution is -0.200. The van der Waals surface area contributed by atoms with E-state index in [2.05, 4.69) is 0 Å². The topological polar surface area (TPSA) is 3.24 Å². The van der Waals surface area contributed by atoms with Crippen molar-refractivity contribution in [2.45, 2.75) is 58.8 Å². The summed E-state index contributed by atoms with van der Waals surface area (Å²) in [5.41, 5.74) is 0. The van der Waals surface area contributed by atoms with E-state index < -0.39 is 12.2 Å². The molecular weight excluding hydrogens is 215 g/mol. The average molecular weight is 237 g/mol. The van der Waals surface area contributed by atoms with Gasteiger partial charge in [0.15, 0.2) is 0 Å². The van der Waals surface area contributed by atoms with Gasteiger partial charge in [0.05, 0.1) is 0 Å². The van der Waals surface area contributed by atoms with E-state index >= 15 is 0 Å². The second-order valence-corrected chi connectivity index (χ2v) is 5.46. The largest absolute Gasteiger partial charge is 0.404 e. The first-order chi connectivity index (χ1) is 7.23. The van der Waals surface area contributed by atoms with Gasteiger partial charge >= 0.3 is 6.18 Å². The van der Waals surface area contributed by atoms with E-state index in [1.54, 1.807) is 18.7 Å². The van der Waals surface area contributed by atoms with Crippen molar-refractivity contribution in [3.63, 3.8) is 0 Å². The highest BCUT2D eigenvalue weighted by Crippen LogP contribution is 2.36. The van der Waals surface area contributed by atoms with Crippen molar-refractivity contribution in [2.24, 2.45) is 11.8 Å². The Bertz CT molecular complexity index is 219. The number of hydrogen-bond donors (Lipinski definition) is 0. The molecule has 0 aliphatic heterocycles. The van der Waals surface area contributed by atoms with Gasteiger partial charge in [-0.3, -0.25) is 4.90 Å². The first-order valence-electron chi connectivity index (χ1n) is 6.06. The molecule has 0 heterocycles. The van der Waals surface area contributed by atoms with Crippen molar-refractivity contribution in [3.8, 4) is 0 Å². The maximum absolute atomic E-state index is 13.0. The summed E-state index contributed by atoms with van der Waals surface area (Å²) in [6.07, 6.45) is -1.94. The number of rotatable bonds is 5. The minimum Gasteiger partial charge on any atom is -0.289 e. The summed E-state index contributed by atoms with van der Waals surface area (Å²) in [6, 6.07) is -1.34. The molecule has 0 N–H and O–H groups in total. The molecule has 0 saturated heterocycles. The van der Waals surface area contributed by atoms with Crippen molar-refractivity contribution in [1.82, 2.24) is 4.90 Å². The Labute approximate surface area is 96.0 Å². The van der Waals surface area contributed by atoms with Crippen LogP contribution in [0.25, 0.3) is 0 Å². The predicted octanol–water partition coefficient (Wildman–Crippen LogP) is 3.69. The first-order valence-corrected chi connectivity index (χ1v) is 6.06. The Morgan fingerprint density at radius 1 is 1.12 bits per heavy atom. The van der Waals surface area contributed by atoms with Crippen LogP contribution in [0.4, 0.5) is 13.2 Å². The quantitative estimate of drug-likeness (QED) is 0.704. The Hall–Kier alpha value is -0.250. The zero-order valence-electron chi connectivity index (χ0n) is 10.5. The maximum atomic E-state index is 13.0. The lowest BCUT2D eigenvalue weighted by Gasteiger charge is -2.38. The number of nitrogens with zero attached hydrogens (tertiary/aromatic N) is 1. The fourth-order valence-electron chi connectivity index (χ4n) is 2.19. The maximum Gasteiger partial charge on any atom is 0.404 e. The van der Waals surface area contributed by atoms with Gasteiger partial charge in [0.1, 0.15) is 6.04 Å². The number of alkyl halides is 3. The van der Waals surface area contributed by atoms with Gasteiger partial charge in [-0.05, 0) is 38.5 Å². The molecule has 0 aromatic rings. The zero-order chi connectivity index (χ0) is 12.5. The predicted molar refractivity (Wildman–Crippen MR) is 59.2 cm³/mol. The van der Waals surface area contributed by atoms with Gasteiger partial charge in [0.25, 0.3) is 0 Å². The standard InChI is InChI=1S/C12H22F3N/c1-8(2)11(12(13,14)15)16(9(3)4)7-10-5-6-10/h8-11H,5-7H2,1-4H3/t11-/m1/s1. The summed E-state index contributed by atoms with van der Waals surface area (Å²) in [5, 5.41) is 0. The molecule has 1 saturated carbocycles. The molecule has 0 amide bonds. The van der Waals surface area contributed by atoms with E-state index in [0.717, 1.165) is 12.8 Å². The van der Waals surface area contributed by atoms with Crippen LogP contribution in [0.1, 0.15) is 40.5 Å². The second-order valence-electron chi connectivity index (χ2n) is 5.46. The molecule has 96 valence electrons. The average Bonchev–Trinajstić information content (AvgIpc) is 2.82. The molecule has 1 atom stereocenters. The lowest BCUT2D eigenvalue weighted by atomic mass is 10.00. The Balaban J connectivity index is 2.77. The van der Waals surface area contributed by atoms with Crippen LogP contribution in [0.5, 0.6) is 0 Å². The molecule has 0 radical (unpaired) electrons. The number of hydrogen-bond acceptors (Lipinski definition) is 1. The van der Waals surface area contributed by atoms with Crippen molar-refractivity contribution >= 4 is 0 Å². The summed E-state index contributed by atoms with van der Waals surface area (Å²) in [5.74, 6) is 0.104. The van der Waals surface area contributed by atoms with Crippen LogP contribution in [-0.2, 0) is 0 Å². The molecule has 0 aromatic carbocycles. The molecule has 0 unspecified atom stereocenters. The van der Waals surface area contributed by atoms with Gasteiger partial charge in [-0.1, -0.05) is 13.8 Å². The molecule has 4 heteroatoms. The molecular formula is C12H22F3N. The van der Waals surface area contributed by atoms with Crippen LogP contribution in [0.15, 0.2) is 0 Å². The fraction of sp³-hybridized carbons (Fsp3) is 1.00. The van der Waals surface area contributed by atoms with Crippen LogP contribution >= 0.6 is 0 Å². The van der Waals surface area contributed by atoms with Gasteiger partial charge in [0.2, 0.25) is 0 Å². The van der Waals surface area contributed by atoms with Crippen LogP contribution < -0.4 is 0 Å². The molecule has 0 aromatic heterocycles. The molecule has 0 bridgehead atoms. The van der Waals surface area contributed by atoms with E-state index in [1.165, 1.54) is 0 Å². The molecule has 1 nitrogen and oxygen atoms in total. The van der Waals surface area contributed by atoms with Gasteiger partial charge < -0.3 is 0 Å². The van der Waals surface area contributed by atoms with Crippen LogP contribution in [0, 0.1) is 11.8 Å². The summed E-state index contributed by atoms with van der Waals surface area (Å²) < 4.78 is 39.0. The molecule has 0 spiro atoms. The van der Waals surface area contributed by atoms with Crippen molar-refractivity contribution in [2.75, 3.05) is 6.54 Å². The van der Waals surface area contributed by atoms with Crippen molar-refractivity contribution < 1.29 is 13.2 Å². The summed E-state index contributed by atoms with van der Waals surface area (Å²) in [4.78, 5) is 1.63. The SMILES string of the molecule is CC(C)[C@@H](N(CC1CC1)C(C)C)C(F)(F)F. The highest BCUT2D eigenvalue weighted by atomic mass is 19.4. The minimum atomic E-state index is -4.12. The first kappa shape index (κ1) is 13.8. The molecule has 1 aliphatic rings. The van der Waals surface area contributed by atoms with E-state index in [0.29, 0.717) is 12.5 Å². The summed E-state index contributed by atoms with van der Waals surface area (Å²) in [6.45, 7) is 7.61. The second kappa shape index (κ2) is 4.94. The monoisotopic (exact) mass is 237 g/mol. The fourth-order valence-corrected chi connectivity index (χ4v) is 2.19. The Kier molecular flexibility index (Phi) is 4.27. The summed E-state index contributed by atoms with van der Waals surface area (Å²) in [7, 11) is 0. The van der Waals surface area contributed by atoms with E-state index in [4.69, 9.17) is 0 Å². The van der Waals surface area contributed by atoms with Gasteiger partial charge in [-0.15, -0.1) is 0 Å². The minimum absolute atomic E-state index is 0.0466. The smallest absolute Gasteiger partial charge is 0.289 e. The van der Waals surface area contributed by atoms with Crippen LogP contribution in [0.3, 0.4) is 0 Å². The Morgan fingerprint density at radius 3 is 1.88 bits per heavy atom. The number of halogens is 3. The van der Waals surface area contributed by atoms with E-state index in [1.807, 2.05) is 13.8 Å². The molecule has 1 rings (SSSR count). The van der Waals surface area contributed by atoms with Gasteiger partial charge in [-0.25, -0.2) is 0 Å². The Morgan fingerprint density at radius 2 is 1.62 bits per heavy atom. The molecule has 1 fully saturated rings. The normalized spacial score (nSPS) is 19.9. The van der Waals surface area contributed by atoms with Gasteiger partial charge in [-0.2, -0.15) is 13.2 Å². The van der Waals surface area contributed by atoms with Gasteiger partial charge in [0, 0.05) is 12.6 Å². The summed E-state index contributed by atoms with van der Waals surface area (Å²) >= 11 is 0. The third kappa shape index (κ3) is 3.65. The lowest BCUT2D eigenvalue weighted by Crippen LogP contribution is -2.52. The third-order valence-electron chi connectivity index (χ3n) is 3.15. The molecule has 16 heavy (non-hydrogen) atoms. The molecule has 1 aliphatic carbocycles. The highest BCUT2D eigenvalue weighted by Gasteiger charge is 2.47. The third-order valence-corrected chi connectivity index (χ3v) is 3.15. The van der Waals surface area contributed by atoms with Crippen molar-refractivity contribution in [1.29, 1.82) is 0 Å².